The van der Waals surface area contributed by atoms with Gasteiger partial charge in [-0.05, 0) is 48.3 Å². The zero-order valence-corrected chi connectivity index (χ0v) is 15.9. The van der Waals surface area contributed by atoms with Crippen LogP contribution < -0.4 is 0 Å². The highest BCUT2D eigenvalue weighted by Crippen LogP contribution is 2.46. The molecule has 0 nitrogen and oxygen atoms in total. The van der Waals surface area contributed by atoms with Crippen LogP contribution >= 0.6 is 0 Å². The summed E-state index contributed by atoms with van der Waals surface area (Å²) in [6.07, 6.45) is 13.7. The monoisotopic (exact) mass is 292 g/mol. The zero-order valence-electron chi connectivity index (χ0n) is 15.9. The van der Waals surface area contributed by atoms with Gasteiger partial charge in [-0.1, -0.05) is 85.8 Å². The molecule has 124 valence electrons. The molecule has 1 aliphatic carbocycles. The smallest absolute Gasteiger partial charge is 0.0122 e. The summed E-state index contributed by atoms with van der Waals surface area (Å²) in [6, 6.07) is 0. The maximum absolute atomic E-state index is 2.60. The van der Waals surface area contributed by atoms with E-state index in [4.69, 9.17) is 0 Å². The van der Waals surface area contributed by atoms with Crippen molar-refractivity contribution in [1.29, 1.82) is 0 Å². The lowest BCUT2D eigenvalue weighted by Gasteiger charge is -2.41. The van der Waals surface area contributed by atoms with E-state index in [2.05, 4.69) is 54.5 Å². The molecule has 0 N–H and O–H groups in total. The molecule has 0 bridgehead atoms. The molecule has 1 unspecified atom stereocenters. The predicted molar refractivity (Wildman–Crippen MR) is 96.6 cm³/mol. The predicted octanol–water partition coefficient (Wildman–Crippen LogP) is 7.39. The molecule has 1 atom stereocenters. The van der Waals surface area contributed by atoms with Crippen LogP contribution in [0.2, 0.25) is 0 Å². The minimum atomic E-state index is 0.385. The standard InChI is InChI=1S/C21H40/c1-8-9-10-11-16-20(4,5)18-12-14-19(15-13-18)21(6,7)17(2)3/h14,17-18H,8-13,15-16H2,1-7H3. The van der Waals surface area contributed by atoms with Gasteiger partial charge >= 0.3 is 0 Å². The van der Waals surface area contributed by atoms with Gasteiger partial charge in [0.2, 0.25) is 0 Å². The fraction of sp³-hybridized carbons (Fsp3) is 0.905. The third-order valence-corrected chi connectivity index (χ3v) is 6.46. The van der Waals surface area contributed by atoms with Gasteiger partial charge in [0, 0.05) is 0 Å². The van der Waals surface area contributed by atoms with Gasteiger partial charge in [0.05, 0.1) is 0 Å². The lowest BCUT2D eigenvalue weighted by atomic mass is 9.64. The second kappa shape index (κ2) is 7.84. The molecule has 0 aromatic heterocycles. The molecule has 0 heterocycles. The van der Waals surface area contributed by atoms with E-state index in [-0.39, 0.29) is 0 Å². The Bertz CT molecular complexity index is 330. The van der Waals surface area contributed by atoms with Crippen molar-refractivity contribution < 1.29 is 0 Å². The molecule has 0 fully saturated rings. The quantitative estimate of drug-likeness (QED) is 0.323. The SMILES string of the molecule is CCCCCCC(C)(C)C1CC=C(C(C)(C)C(C)C)CC1. The molecule has 0 spiro atoms. The van der Waals surface area contributed by atoms with E-state index in [0.717, 1.165) is 11.8 Å². The van der Waals surface area contributed by atoms with Crippen molar-refractivity contribution >= 4 is 0 Å². The van der Waals surface area contributed by atoms with Crippen molar-refractivity contribution in [3.05, 3.63) is 11.6 Å². The fourth-order valence-corrected chi connectivity index (χ4v) is 3.71. The third kappa shape index (κ3) is 5.15. The van der Waals surface area contributed by atoms with Crippen LogP contribution in [0.25, 0.3) is 0 Å². The van der Waals surface area contributed by atoms with Crippen molar-refractivity contribution in [3.63, 3.8) is 0 Å². The van der Waals surface area contributed by atoms with Gasteiger partial charge < -0.3 is 0 Å². The van der Waals surface area contributed by atoms with Gasteiger partial charge in [0.15, 0.2) is 0 Å². The third-order valence-electron chi connectivity index (χ3n) is 6.46. The highest BCUT2D eigenvalue weighted by atomic mass is 14.4. The summed E-state index contributed by atoms with van der Waals surface area (Å²) < 4.78 is 0. The average Bonchev–Trinajstić information content (AvgIpc) is 2.43. The van der Waals surface area contributed by atoms with Crippen molar-refractivity contribution in [1.82, 2.24) is 0 Å². The number of hydrogen-bond donors (Lipinski definition) is 0. The molecule has 1 aliphatic rings. The normalized spacial score (nSPS) is 20.8. The summed E-state index contributed by atoms with van der Waals surface area (Å²) in [6.45, 7) is 16.9. The van der Waals surface area contributed by atoms with Gasteiger partial charge in [-0.15, -0.1) is 0 Å². The van der Waals surface area contributed by atoms with E-state index in [0.29, 0.717) is 10.8 Å². The average molecular weight is 293 g/mol. The van der Waals surface area contributed by atoms with E-state index in [9.17, 15) is 0 Å². The van der Waals surface area contributed by atoms with Crippen LogP contribution in [0, 0.1) is 22.7 Å². The van der Waals surface area contributed by atoms with E-state index < -0.39 is 0 Å². The highest BCUT2D eigenvalue weighted by Gasteiger charge is 2.34. The lowest BCUT2D eigenvalue weighted by molar-refractivity contribution is 0.164. The Morgan fingerprint density at radius 2 is 1.76 bits per heavy atom. The molecule has 0 aromatic rings. The van der Waals surface area contributed by atoms with Crippen LogP contribution in [0.1, 0.15) is 99.8 Å². The molecule has 0 aliphatic heterocycles. The largest absolute Gasteiger partial charge is 0.0845 e. The van der Waals surface area contributed by atoms with Crippen LogP contribution in [0.4, 0.5) is 0 Å². The molecule has 0 amide bonds. The minimum Gasteiger partial charge on any atom is -0.0845 e. The first-order valence-electron chi connectivity index (χ1n) is 9.41. The van der Waals surface area contributed by atoms with Crippen molar-refractivity contribution in [2.75, 3.05) is 0 Å². The van der Waals surface area contributed by atoms with Crippen LogP contribution in [0.3, 0.4) is 0 Å². The van der Waals surface area contributed by atoms with E-state index in [1.807, 2.05) is 0 Å². The van der Waals surface area contributed by atoms with E-state index in [1.54, 1.807) is 5.57 Å². The zero-order chi connectivity index (χ0) is 16.1. The molecule has 0 heteroatoms. The van der Waals surface area contributed by atoms with Gasteiger partial charge in [-0.25, -0.2) is 0 Å². The topological polar surface area (TPSA) is 0 Å². The number of hydrogen-bond acceptors (Lipinski definition) is 0. The molecule has 0 saturated carbocycles. The summed E-state index contributed by atoms with van der Waals surface area (Å²) in [5.74, 6) is 1.63. The van der Waals surface area contributed by atoms with Crippen molar-refractivity contribution in [3.8, 4) is 0 Å². The van der Waals surface area contributed by atoms with E-state index in [1.165, 1.54) is 51.4 Å². The van der Waals surface area contributed by atoms with Crippen molar-refractivity contribution in [2.24, 2.45) is 22.7 Å². The van der Waals surface area contributed by atoms with Crippen LogP contribution in [-0.2, 0) is 0 Å². The Hall–Kier alpha value is -0.260. The summed E-state index contributed by atoms with van der Waals surface area (Å²) in [4.78, 5) is 0. The maximum atomic E-state index is 2.60. The van der Waals surface area contributed by atoms with Crippen LogP contribution in [-0.4, -0.2) is 0 Å². The second-order valence-corrected chi connectivity index (χ2v) is 8.88. The van der Waals surface area contributed by atoms with Gasteiger partial charge in [-0.3, -0.25) is 0 Å². The molecular weight excluding hydrogens is 252 g/mol. The summed E-state index contributed by atoms with van der Waals surface area (Å²) in [7, 11) is 0. The van der Waals surface area contributed by atoms with Crippen molar-refractivity contribution in [2.45, 2.75) is 99.8 Å². The number of rotatable bonds is 8. The molecular formula is C21H40. The number of unbranched alkanes of at least 4 members (excludes halogenated alkanes) is 3. The minimum absolute atomic E-state index is 0.385. The second-order valence-electron chi connectivity index (χ2n) is 8.88. The molecule has 1 rings (SSSR count). The molecule has 0 saturated heterocycles. The first-order chi connectivity index (χ1) is 9.71. The highest BCUT2D eigenvalue weighted by molar-refractivity contribution is 5.16. The van der Waals surface area contributed by atoms with Crippen LogP contribution in [0.15, 0.2) is 11.6 Å². The first kappa shape index (κ1) is 18.8. The number of allylic oxidation sites excluding steroid dienone is 2. The molecule has 21 heavy (non-hydrogen) atoms. The summed E-state index contributed by atoms with van der Waals surface area (Å²) in [5, 5.41) is 0. The Balaban J connectivity index is 2.56. The fourth-order valence-electron chi connectivity index (χ4n) is 3.71. The maximum Gasteiger partial charge on any atom is -0.0122 e. The molecule has 0 radical (unpaired) electrons. The summed E-state index contributed by atoms with van der Waals surface area (Å²) >= 11 is 0. The Morgan fingerprint density at radius 1 is 1.10 bits per heavy atom. The van der Waals surface area contributed by atoms with Gasteiger partial charge in [-0.2, -0.15) is 0 Å². The van der Waals surface area contributed by atoms with Gasteiger partial charge in [0.25, 0.3) is 0 Å². The lowest BCUT2D eigenvalue weighted by Crippen LogP contribution is -2.29. The first-order valence-corrected chi connectivity index (χ1v) is 9.41. The Morgan fingerprint density at radius 3 is 2.24 bits per heavy atom. The Kier molecular flexibility index (Phi) is 7.01. The molecule has 0 aromatic carbocycles. The van der Waals surface area contributed by atoms with Crippen LogP contribution in [0.5, 0.6) is 0 Å². The Labute approximate surface area is 134 Å². The summed E-state index contributed by atoms with van der Waals surface area (Å²) in [5.41, 5.74) is 2.63. The van der Waals surface area contributed by atoms with E-state index >= 15 is 0 Å². The van der Waals surface area contributed by atoms with Gasteiger partial charge in [0.1, 0.15) is 0 Å².